The SMILES string of the molecule is CCOc1ccc(C(F)(F)F)cc1NC(=O)c1csc(-c2ncccn2)n1. The van der Waals surface area contributed by atoms with Crippen LogP contribution in [-0.2, 0) is 6.18 Å². The monoisotopic (exact) mass is 394 g/mol. The van der Waals surface area contributed by atoms with Gasteiger partial charge in [-0.05, 0) is 31.2 Å². The lowest BCUT2D eigenvalue weighted by molar-refractivity contribution is -0.137. The number of aromatic nitrogens is 3. The molecule has 6 nitrogen and oxygen atoms in total. The number of hydrogen-bond donors (Lipinski definition) is 1. The lowest BCUT2D eigenvalue weighted by Gasteiger charge is -2.14. The maximum Gasteiger partial charge on any atom is 0.416 e. The van der Waals surface area contributed by atoms with E-state index in [0.29, 0.717) is 10.8 Å². The molecule has 0 unspecified atom stereocenters. The Morgan fingerprint density at radius 2 is 2.00 bits per heavy atom. The van der Waals surface area contributed by atoms with E-state index >= 15 is 0 Å². The molecule has 140 valence electrons. The van der Waals surface area contributed by atoms with Crippen LogP contribution in [0.15, 0.2) is 42.0 Å². The molecule has 2 heterocycles. The van der Waals surface area contributed by atoms with Gasteiger partial charge in [-0.2, -0.15) is 13.2 Å². The number of hydrogen-bond acceptors (Lipinski definition) is 6. The molecule has 27 heavy (non-hydrogen) atoms. The number of benzene rings is 1. The van der Waals surface area contributed by atoms with Gasteiger partial charge < -0.3 is 10.1 Å². The van der Waals surface area contributed by atoms with Gasteiger partial charge >= 0.3 is 6.18 Å². The summed E-state index contributed by atoms with van der Waals surface area (Å²) in [6.45, 7) is 1.93. The highest BCUT2D eigenvalue weighted by molar-refractivity contribution is 7.13. The first-order valence-electron chi connectivity index (χ1n) is 7.77. The minimum atomic E-state index is -4.54. The number of amides is 1. The normalized spacial score (nSPS) is 11.3. The zero-order valence-corrected chi connectivity index (χ0v) is 14.8. The number of alkyl halides is 3. The van der Waals surface area contributed by atoms with Crippen molar-refractivity contribution in [2.45, 2.75) is 13.1 Å². The van der Waals surface area contributed by atoms with Gasteiger partial charge in [0.25, 0.3) is 5.91 Å². The smallest absolute Gasteiger partial charge is 0.416 e. The fourth-order valence-electron chi connectivity index (χ4n) is 2.16. The van der Waals surface area contributed by atoms with Gasteiger partial charge in [-0.15, -0.1) is 11.3 Å². The topological polar surface area (TPSA) is 77.0 Å². The van der Waals surface area contributed by atoms with Crippen molar-refractivity contribution in [3.8, 4) is 16.6 Å². The van der Waals surface area contributed by atoms with Gasteiger partial charge in [-0.1, -0.05) is 0 Å². The molecule has 0 bridgehead atoms. The fraction of sp³-hybridized carbons (Fsp3) is 0.176. The molecule has 0 fully saturated rings. The van der Waals surface area contributed by atoms with Gasteiger partial charge in [0.05, 0.1) is 17.9 Å². The fourth-order valence-corrected chi connectivity index (χ4v) is 2.91. The van der Waals surface area contributed by atoms with Crippen LogP contribution in [0, 0.1) is 0 Å². The molecule has 0 saturated heterocycles. The molecule has 0 spiro atoms. The molecule has 1 N–H and O–H groups in total. The van der Waals surface area contributed by atoms with Crippen molar-refractivity contribution in [2.24, 2.45) is 0 Å². The predicted molar refractivity (Wildman–Crippen MR) is 93.7 cm³/mol. The summed E-state index contributed by atoms with van der Waals surface area (Å²) in [7, 11) is 0. The van der Waals surface area contributed by atoms with Crippen LogP contribution in [0.3, 0.4) is 0 Å². The third-order valence-electron chi connectivity index (χ3n) is 3.35. The first kappa shape index (κ1) is 18.8. The lowest BCUT2D eigenvalue weighted by atomic mass is 10.1. The first-order chi connectivity index (χ1) is 12.9. The van der Waals surface area contributed by atoms with E-state index in [9.17, 15) is 18.0 Å². The Hall–Kier alpha value is -3.01. The number of anilines is 1. The minimum absolute atomic E-state index is 0.0438. The standard InChI is InChI=1S/C17H13F3N4O2S/c1-2-26-13-5-4-10(17(18,19)20)8-11(13)23-15(25)12-9-27-16(24-12)14-21-6-3-7-22-14/h3-9H,2H2,1H3,(H,23,25). The van der Waals surface area contributed by atoms with E-state index in [1.54, 1.807) is 25.4 Å². The van der Waals surface area contributed by atoms with Gasteiger partial charge in [0.15, 0.2) is 10.8 Å². The molecule has 2 aromatic heterocycles. The van der Waals surface area contributed by atoms with Crippen molar-refractivity contribution >= 4 is 22.9 Å². The predicted octanol–water partition coefficient (Wildman–Crippen LogP) is 4.27. The van der Waals surface area contributed by atoms with Crippen LogP contribution in [0.1, 0.15) is 23.0 Å². The van der Waals surface area contributed by atoms with E-state index in [4.69, 9.17) is 4.74 Å². The molecule has 0 aliphatic heterocycles. The zero-order chi connectivity index (χ0) is 19.4. The number of halogens is 3. The molecule has 0 atom stereocenters. The number of nitrogens with zero attached hydrogens (tertiary/aromatic N) is 3. The van der Waals surface area contributed by atoms with Crippen molar-refractivity contribution in [1.82, 2.24) is 15.0 Å². The van der Waals surface area contributed by atoms with Gasteiger partial charge in [-0.25, -0.2) is 15.0 Å². The highest BCUT2D eigenvalue weighted by Gasteiger charge is 2.31. The minimum Gasteiger partial charge on any atom is -0.492 e. The van der Waals surface area contributed by atoms with Crippen molar-refractivity contribution in [3.05, 3.63) is 53.3 Å². The van der Waals surface area contributed by atoms with E-state index in [2.05, 4.69) is 20.3 Å². The largest absolute Gasteiger partial charge is 0.492 e. The Balaban J connectivity index is 1.86. The van der Waals surface area contributed by atoms with E-state index in [-0.39, 0.29) is 23.7 Å². The van der Waals surface area contributed by atoms with Crippen LogP contribution in [0.25, 0.3) is 10.8 Å². The molecular formula is C17H13F3N4O2S. The van der Waals surface area contributed by atoms with Crippen LogP contribution in [0.5, 0.6) is 5.75 Å². The molecular weight excluding hydrogens is 381 g/mol. The molecule has 0 saturated carbocycles. The van der Waals surface area contributed by atoms with Crippen molar-refractivity contribution in [3.63, 3.8) is 0 Å². The third-order valence-corrected chi connectivity index (χ3v) is 4.19. The summed E-state index contributed by atoms with van der Waals surface area (Å²) in [5, 5.41) is 4.34. The highest BCUT2D eigenvalue weighted by Crippen LogP contribution is 2.35. The number of thiazole rings is 1. The van der Waals surface area contributed by atoms with Crippen molar-refractivity contribution in [1.29, 1.82) is 0 Å². The first-order valence-corrected chi connectivity index (χ1v) is 8.64. The number of ether oxygens (including phenoxy) is 1. The second-order valence-corrected chi connectivity index (χ2v) is 6.06. The molecule has 3 aromatic rings. The van der Waals surface area contributed by atoms with E-state index in [1.165, 1.54) is 11.4 Å². The number of carbonyl (C=O) groups is 1. The molecule has 3 rings (SSSR count). The summed E-state index contributed by atoms with van der Waals surface area (Å²) in [6, 6.07) is 4.55. The van der Waals surface area contributed by atoms with Crippen LogP contribution < -0.4 is 10.1 Å². The van der Waals surface area contributed by atoms with E-state index in [0.717, 1.165) is 23.5 Å². The molecule has 0 aliphatic carbocycles. The maximum absolute atomic E-state index is 13.0. The highest BCUT2D eigenvalue weighted by atomic mass is 32.1. The van der Waals surface area contributed by atoms with E-state index in [1.807, 2.05) is 0 Å². The second kappa shape index (κ2) is 7.70. The maximum atomic E-state index is 13.0. The Bertz CT molecular complexity index is 945. The van der Waals surface area contributed by atoms with Crippen LogP contribution in [-0.4, -0.2) is 27.5 Å². The summed E-state index contributed by atoms with van der Waals surface area (Å²) < 4.78 is 44.2. The van der Waals surface area contributed by atoms with Gasteiger partial charge in [-0.3, -0.25) is 4.79 Å². The number of nitrogens with one attached hydrogen (secondary N) is 1. The average Bonchev–Trinajstić information content (AvgIpc) is 3.13. The third kappa shape index (κ3) is 4.40. The van der Waals surface area contributed by atoms with Crippen LogP contribution in [0.2, 0.25) is 0 Å². The Morgan fingerprint density at radius 1 is 1.26 bits per heavy atom. The van der Waals surface area contributed by atoms with Gasteiger partial charge in [0.1, 0.15) is 11.4 Å². The average molecular weight is 394 g/mol. The Kier molecular flexibility index (Phi) is 5.36. The second-order valence-electron chi connectivity index (χ2n) is 5.21. The number of carbonyl (C=O) groups excluding carboxylic acids is 1. The summed E-state index contributed by atoms with van der Waals surface area (Å²) in [6.07, 6.45) is -1.45. The van der Waals surface area contributed by atoms with Gasteiger partial charge in [0.2, 0.25) is 0 Å². The summed E-state index contributed by atoms with van der Waals surface area (Å²) in [5.74, 6) is -0.162. The molecule has 10 heteroatoms. The lowest BCUT2D eigenvalue weighted by Crippen LogP contribution is -2.15. The van der Waals surface area contributed by atoms with Gasteiger partial charge in [0, 0.05) is 17.8 Å². The summed E-state index contributed by atoms with van der Waals surface area (Å²) in [4.78, 5) is 24.7. The Labute approximate surface area is 156 Å². The van der Waals surface area contributed by atoms with Crippen molar-refractivity contribution in [2.75, 3.05) is 11.9 Å². The number of rotatable bonds is 5. The zero-order valence-electron chi connectivity index (χ0n) is 13.9. The molecule has 0 radical (unpaired) electrons. The van der Waals surface area contributed by atoms with E-state index < -0.39 is 17.6 Å². The van der Waals surface area contributed by atoms with Crippen LogP contribution >= 0.6 is 11.3 Å². The summed E-state index contributed by atoms with van der Waals surface area (Å²) in [5.41, 5.74) is -0.928. The quantitative estimate of drug-likeness (QED) is 0.699. The molecule has 1 aromatic carbocycles. The molecule has 0 aliphatic rings. The van der Waals surface area contributed by atoms with Crippen LogP contribution in [0.4, 0.5) is 18.9 Å². The van der Waals surface area contributed by atoms with Crippen molar-refractivity contribution < 1.29 is 22.7 Å². The Morgan fingerprint density at radius 3 is 2.67 bits per heavy atom. The molecule has 1 amide bonds. The summed E-state index contributed by atoms with van der Waals surface area (Å²) >= 11 is 1.16.